The second-order valence-electron chi connectivity index (χ2n) is 6.18. The molecule has 1 saturated carbocycles. The van der Waals surface area contributed by atoms with Crippen LogP contribution in [0, 0.1) is 0 Å². The maximum Gasteiger partial charge on any atom is 0.191 e. The summed E-state index contributed by atoms with van der Waals surface area (Å²) in [4.78, 5) is 6.79. The molecule has 1 heterocycles. The first-order chi connectivity index (χ1) is 11.3. The molecule has 1 aromatic heterocycles. The van der Waals surface area contributed by atoms with E-state index in [-0.39, 0.29) is 6.04 Å². The van der Waals surface area contributed by atoms with Crippen molar-refractivity contribution in [1.29, 1.82) is 0 Å². The van der Waals surface area contributed by atoms with Gasteiger partial charge in [-0.15, -0.1) is 0 Å². The number of likely N-dealkylation sites (N-methyl/N-ethyl adjacent to an activating group) is 1. The van der Waals surface area contributed by atoms with Crippen LogP contribution in [0.3, 0.4) is 0 Å². The van der Waals surface area contributed by atoms with Gasteiger partial charge in [0.1, 0.15) is 5.76 Å². The van der Waals surface area contributed by atoms with Crippen molar-refractivity contribution in [2.24, 2.45) is 4.99 Å². The molecule has 1 unspecified atom stereocenters. The highest BCUT2D eigenvalue weighted by molar-refractivity contribution is 5.80. The third-order valence-corrected chi connectivity index (χ3v) is 4.76. The molecule has 1 atom stereocenters. The third-order valence-electron chi connectivity index (χ3n) is 4.76. The van der Waals surface area contributed by atoms with E-state index in [0.29, 0.717) is 6.04 Å². The number of guanidine groups is 1. The van der Waals surface area contributed by atoms with E-state index >= 15 is 0 Å². The number of nitrogens with one attached hydrogen (secondary N) is 2. The fraction of sp³-hybridized carbons (Fsp3) is 0.722. The van der Waals surface area contributed by atoms with E-state index < -0.39 is 0 Å². The van der Waals surface area contributed by atoms with Gasteiger partial charge in [-0.25, -0.2) is 0 Å². The van der Waals surface area contributed by atoms with E-state index in [1.54, 1.807) is 6.26 Å². The zero-order chi connectivity index (χ0) is 16.5. The van der Waals surface area contributed by atoms with Gasteiger partial charge in [-0.1, -0.05) is 33.1 Å². The Kier molecular flexibility index (Phi) is 7.46. The average Bonchev–Trinajstić information content (AvgIpc) is 3.12. The summed E-state index contributed by atoms with van der Waals surface area (Å²) >= 11 is 0. The van der Waals surface area contributed by atoms with Crippen LogP contribution >= 0.6 is 0 Å². The van der Waals surface area contributed by atoms with Crippen LogP contribution in [0.15, 0.2) is 27.8 Å². The second kappa shape index (κ2) is 9.60. The lowest BCUT2D eigenvalue weighted by Gasteiger charge is -2.30. The molecule has 1 aliphatic carbocycles. The number of nitrogens with zero attached hydrogens (tertiary/aromatic N) is 2. The molecule has 0 amide bonds. The highest BCUT2D eigenvalue weighted by Gasteiger charge is 2.21. The van der Waals surface area contributed by atoms with Crippen molar-refractivity contribution in [2.75, 3.05) is 26.7 Å². The van der Waals surface area contributed by atoms with Gasteiger partial charge in [0, 0.05) is 19.6 Å². The van der Waals surface area contributed by atoms with Crippen LogP contribution in [0.1, 0.15) is 57.8 Å². The summed E-state index contributed by atoms with van der Waals surface area (Å²) in [6.45, 7) is 7.17. The fourth-order valence-electron chi connectivity index (χ4n) is 3.38. The van der Waals surface area contributed by atoms with Crippen molar-refractivity contribution < 1.29 is 4.42 Å². The summed E-state index contributed by atoms with van der Waals surface area (Å²) in [5.74, 6) is 1.91. The maximum absolute atomic E-state index is 5.65. The van der Waals surface area contributed by atoms with E-state index in [9.17, 15) is 0 Å². The summed E-state index contributed by atoms with van der Waals surface area (Å²) < 4.78 is 5.65. The number of hydrogen-bond acceptors (Lipinski definition) is 3. The van der Waals surface area contributed by atoms with Crippen molar-refractivity contribution in [2.45, 2.75) is 58.0 Å². The third kappa shape index (κ3) is 5.27. The van der Waals surface area contributed by atoms with Crippen LogP contribution in [-0.4, -0.2) is 43.6 Å². The van der Waals surface area contributed by atoms with Gasteiger partial charge in [0.15, 0.2) is 5.96 Å². The predicted molar refractivity (Wildman–Crippen MR) is 95.7 cm³/mol. The van der Waals surface area contributed by atoms with Gasteiger partial charge in [0.2, 0.25) is 0 Å². The molecule has 0 spiro atoms. The smallest absolute Gasteiger partial charge is 0.191 e. The average molecular weight is 320 g/mol. The van der Waals surface area contributed by atoms with Gasteiger partial charge in [-0.3, -0.25) is 9.89 Å². The largest absolute Gasteiger partial charge is 0.468 e. The van der Waals surface area contributed by atoms with Crippen molar-refractivity contribution in [3.63, 3.8) is 0 Å². The predicted octanol–water partition coefficient (Wildman–Crippen LogP) is 3.16. The minimum Gasteiger partial charge on any atom is -0.468 e. The molecule has 0 aliphatic heterocycles. The van der Waals surface area contributed by atoms with Crippen LogP contribution in [0.2, 0.25) is 0 Å². The minimum atomic E-state index is 0.227. The molecule has 5 nitrogen and oxygen atoms in total. The molecule has 23 heavy (non-hydrogen) atoms. The molecule has 130 valence electrons. The molecule has 1 aliphatic rings. The Hall–Kier alpha value is -1.49. The topological polar surface area (TPSA) is 52.8 Å². The SMILES string of the molecule is CCN(CC)C(CNC(=NC)NC1CCCCC1)c1ccco1. The second-order valence-corrected chi connectivity index (χ2v) is 6.18. The molecule has 5 heteroatoms. The monoisotopic (exact) mass is 320 g/mol. The highest BCUT2D eigenvalue weighted by Crippen LogP contribution is 2.20. The lowest BCUT2D eigenvalue weighted by molar-refractivity contribution is 0.193. The molecule has 0 bridgehead atoms. The minimum absolute atomic E-state index is 0.227. The summed E-state index contributed by atoms with van der Waals surface area (Å²) in [7, 11) is 1.84. The molecular formula is C18H32N4O. The van der Waals surface area contributed by atoms with Crippen molar-refractivity contribution >= 4 is 5.96 Å². The summed E-state index contributed by atoms with van der Waals surface area (Å²) in [6.07, 6.45) is 8.26. The number of hydrogen-bond donors (Lipinski definition) is 2. The Bertz CT molecular complexity index is 448. The van der Waals surface area contributed by atoms with E-state index in [1.807, 2.05) is 13.1 Å². The Morgan fingerprint density at radius 1 is 1.30 bits per heavy atom. The van der Waals surface area contributed by atoms with E-state index in [0.717, 1.165) is 31.4 Å². The Labute approximate surface area is 140 Å². The number of rotatable bonds is 7. The highest BCUT2D eigenvalue weighted by atomic mass is 16.3. The van der Waals surface area contributed by atoms with Gasteiger partial charge < -0.3 is 15.1 Å². The fourth-order valence-corrected chi connectivity index (χ4v) is 3.38. The van der Waals surface area contributed by atoms with E-state index in [1.165, 1.54) is 32.1 Å². The van der Waals surface area contributed by atoms with Crippen molar-refractivity contribution in [1.82, 2.24) is 15.5 Å². The van der Waals surface area contributed by atoms with Gasteiger partial charge in [0.05, 0.1) is 12.3 Å². The molecular weight excluding hydrogens is 288 g/mol. The molecule has 0 radical (unpaired) electrons. The number of aliphatic imine (C=N–C) groups is 1. The van der Waals surface area contributed by atoms with Crippen LogP contribution < -0.4 is 10.6 Å². The van der Waals surface area contributed by atoms with E-state index in [2.05, 4.69) is 40.4 Å². The van der Waals surface area contributed by atoms with Gasteiger partial charge in [-0.05, 0) is 38.1 Å². The standard InChI is InChI=1S/C18H32N4O/c1-4-22(5-2)16(17-12-9-13-23-17)14-20-18(19-3)21-15-10-7-6-8-11-15/h9,12-13,15-16H,4-8,10-11,14H2,1-3H3,(H2,19,20,21). The first kappa shape index (κ1) is 17.9. The summed E-state index contributed by atoms with van der Waals surface area (Å²) in [5.41, 5.74) is 0. The Balaban J connectivity index is 1.93. The summed E-state index contributed by atoms with van der Waals surface area (Å²) in [6, 6.07) is 4.80. The Morgan fingerprint density at radius 2 is 2.04 bits per heavy atom. The van der Waals surface area contributed by atoms with Gasteiger partial charge >= 0.3 is 0 Å². The van der Waals surface area contributed by atoms with Crippen molar-refractivity contribution in [3.05, 3.63) is 24.2 Å². The molecule has 2 N–H and O–H groups in total. The molecule has 0 aromatic carbocycles. The van der Waals surface area contributed by atoms with Crippen LogP contribution in [0.4, 0.5) is 0 Å². The zero-order valence-electron chi connectivity index (χ0n) is 14.8. The number of furan rings is 1. The Morgan fingerprint density at radius 3 is 2.61 bits per heavy atom. The molecule has 0 saturated heterocycles. The lowest BCUT2D eigenvalue weighted by Crippen LogP contribution is -2.47. The normalized spacial score (nSPS) is 18.2. The van der Waals surface area contributed by atoms with Crippen molar-refractivity contribution in [3.8, 4) is 0 Å². The molecule has 1 fully saturated rings. The zero-order valence-corrected chi connectivity index (χ0v) is 14.8. The maximum atomic E-state index is 5.65. The first-order valence-corrected chi connectivity index (χ1v) is 9.03. The van der Waals surface area contributed by atoms with Gasteiger partial charge in [0.25, 0.3) is 0 Å². The van der Waals surface area contributed by atoms with Crippen LogP contribution in [0.5, 0.6) is 0 Å². The van der Waals surface area contributed by atoms with Crippen LogP contribution in [-0.2, 0) is 0 Å². The quantitative estimate of drug-likeness (QED) is 0.598. The molecule has 1 aromatic rings. The first-order valence-electron chi connectivity index (χ1n) is 9.03. The van der Waals surface area contributed by atoms with E-state index in [4.69, 9.17) is 4.42 Å². The molecule has 2 rings (SSSR count). The van der Waals surface area contributed by atoms with Gasteiger partial charge in [-0.2, -0.15) is 0 Å². The summed E-state index contributed by atoms with van der Waals surface area (Å²) in [5, 5.41) is 7.06. The van der Waals surface area contributed by atoms with Crippen LogP contribution in [0.25, 0.3) is 0 Å². The lowest BCUT2D eigenvalue weighted by atomic mass is 9.96.